The van der Waals surface area contributed by atoms with Gasteiger partial charge < -0.3 is 10.5 Å². The van der Waals surface area contributed by atoms with Gasteiger partial charge in [0.1, 0.15) is 11.6 Å². The van der Waals surface area contributed by atoms with Crippen LogP contribution >= 0.6 is 0 Å². The molecule has 0 aliphatic carbocycles. The Morgan fingerprint density at radius 2 is 2.08 bits per heavy atom. The maximum absolute atomic E-state index is 13.4. The lowest BCUT2D eigenvalue weighted by atomic mass is 9.81. The van der Waals surface area contributed by atoms with Crippen LogP contribution in [0.25, 0.3) is 0 Å². The number of aryl methyl sites for hydroxylation is 1. The van der Waals surface area contributed by atoms with Crippen molar-refractivity contribution in [1.29, 1.82) is 5.26 Å². The van der Waals surface area contributed by atoms with Crippen molar-refractivity contribution in [3.05, 3.63) is 58.1 Å². The first-order valence-electron chi connectivity index (χ1n) is 7.19. The predicted octanol–water partition coefficient (Wildman–Crippen LogP) is 3.21. The topological polar surface area (TPSA) is 87.7 Å². The van der Waals surface area contributed by atoms with Crippen LogP contribution < -0.4 is 10.5 Å². The van der Waals surface area contributed by atoms with Crippen LogP contribution in [0.2, 0.25) is 0 Å². The smallest absolute Gasteiger partial charge is 0.416 e. The molecule has 24 heavy (non-hydrogen) atoms. The molecule has 2 heterocycles. The molecule has 1 unspecified atom stereocenters. The van der Waals surface area contributed by atoms with Gasteiger partial charge in [0.15, 0.2) is 0 Å². The van der Waals surface area contributed by atoms with Gasteiger partial charge >= 0.3 is 6.18 Å². The number of hydrogen-bond acceptors (Lipinski definition) is 4. The first kappa shape index (κ1) is 15.9. The van der Waals surface area contributed by atoms with E-state index in [4.69, 9.17) is 10.5 Å². The van der Waals surface area contributed by atoms with Crippen molar-refractivity contribution in [2.75, 3.05) is 0 Å². The number of allylic oxidation sites excluding steroid dienone is 1. The normalized spacial score (nSPS) is 17.2. The zero-order valence-electron chi connectivity index (χ0n) is 12.6. The van der Waals surface area contributed by atoms with E-state index in [1.54, 1.807) is 0 Å². The van der Waals surface area contributed by atoms with Gasteiger partial charge in [0.05, 0.1) is 11.5 Å². The molecule has 0 fully saturated rings. The van der Waals surface area contributed by atoms with E-state index in [0.717, 1.165) is 6.07 Å². The van der Waals surface area contributed by atoms with Gasteiger partial charge in [0.25, 0.3) is 0 Å². The summed E-state index contributed by atoms with van der Waals surface area (Å²) in [7, 11) is 0. The molecule has 0 radical (unpaired) electrons. The van der Waals surface area contributed by atoms with Gasteiger partial charge in [-0.05, 0) is 18.1 Å². The lowest BCUT2D eigenvalue weighted by molar-refractivity contribution is -0.138. The molecule has 3 rings (SSSR count). The van der Waals surface area contributed by atoms with Crippen molar-refractivity contribution < 1.29 is 17.9 Å². The minimum Gasteiger partial charge on any atom is -0.420 e. The molecule has 0 spiro atoms. The lowest BCUT2D eigenvalue weighted by Crippen LogP contribution is -2.23. The van der Waals surface area contributed by atoms with Crippen molar-refractivity contribution in [3.8, 4) is 11.9 Å². The number of alkyl halides is 3. The predicted molar refractivity (Wildman–Crippen MR) is 78.7 cm³/mol. The number of benzene rings is 1. The average Bonchev–Trinajstić information content (AvgIpc) is 2.95. The van der Waals surface area contributed by atoms with E-state index in [0.29, 0.717) is 17.7 Å². The van der Waals surface area contributed by atoms with Gasteiger partial charge in [-0.3, -0.25) is 5.10 Å². The minimum atomic E-state index is -4.56. The Kier molecular flexibility index (Phi) is 3.72. The zero-order chi connectivity index (χ0) is 17.5. The highest BCUT2D eigenvalue weighted by Gasteiger charge is 2.41. The molecule has 8 heteroatoms. The van der Waals surface area contributed by atoms with Gasteiger partial charge in [-0.25, -0.2) is 0 Å². The van der Waals surface area contributed by atoms with Gasteiger partial charge in [0, 0.05) is 11.3 Å². The Morgan fingerprint density at radius 1 is 1.38 bits per heavy atom. The summed E-state index contributed by atoms with van der Waals surface area (Å²) in [6.07, 6.45) is -4.06. The van der Waals surface area contributed by atoms with Gasteiger partial charge in [0.2, 0.25) is 11.8 Å². The molecule has 1 atom stereocenters. The summed E-state index contributed by atoms with van der Waals surface area (Å²) in [4.78, 5) is 0. The molecule has 2 aromatic rings. The van der Waals surface area contributed by atoms with E-state index < -0.39 is 17.7 Å². The number of rotatable bonds is 2. The third-order valence-electron chi connectivity index (χ3n) is 3.95. The first-order valence-corrected chi connectivity index (χ1v) is 7.19. The molecule has 0 bridgehead atoms. The molecule has 1 aromatic carbocycles. The summed E-state index contributed by atoms with van der Waals surface area (Å²) in [6.45, 7) is 1.83. The maximum Gasteiger partial charge on any atom is 0.416 e. The second-order valence-corrected chi connectivity index (χ2v) is 5.28. The summed E-state index contributed by atoms with van der Waals surface area (Å²) in [6, 6.07) is 7.02. The summed E-state index contributed by atoms with van der Waals surface area (Å²) >= 11 is 0. The quantitative estimate of drug-likeness (QED) is 0.883. The fourth-order valence-electron chi connectivity index (χ4n) is 2.90. The number of fused-ring (bicyclic) bond motifs is 1. The fourth-order valence-corrected chi connectivity index (χ4v) is 2.90. The zero-order valence-corrected chi connectivity index (χ0v) is 12.6. The van der Waals surface area contributed by atoms with Crippen LogP contribution in [0.4, 0.5) is 13.2 Å². The Balaban J connectivity index is 2.31. The van der Waals surface area contributed by atoms with Crippen LogP contribution in [0, 0.1) is 11.3 Å². The number of ether oxygens (including phenoxy) is 1. The number of nitrogens with zero attached hydrogens (tertiary/aromatic N) is 2. The van der Waals surface area contributed by atoms with E-state index in [1.807, 2.05) is 13.0 Å². The van der Waals surface area contributed by atoms with Crippen LogP contribution in [-0.4, -0.2) is 10.2 Å². The molecule has 0 amide bonds. The van der Waals surface area contributed by atoms with E-state index in [-0.39, 0.29) is 22.9 Å². The SMILES string of the molecule is CCc1[nH]nc2c1C(c1ccccc1C(F)(F)F)C(C#N)=C(N)O2. The summed E-state index contributed by atoms with van der Waals surface area (Å²) in [5, 5.41) is 16.1. The first-order chi connectivity index (χ1) is 11.4. The number of nitrogens with two attached hydrogens (primary N) is 1. The standard InChI is InChI=1S/C16H13F3N4O/c1-2-11-13-12(8-5-3-4-6-10(8)16(17,18)19)9(7-20)14(21)24-15(13)23-22-11/h3-6,12H,2,21H2,1H3,(H,22,23). The molecular weight excluding hydrogens is 321 g/mol. The molecule has 1 aliphatic rings. The molecule has 5 nitrogen and oxygen atoms in total. The highest BCUT2D eigenvalue weighted by Crippen LogP contribution is 2.46. The van der Waals surface area contributed by atoms with E-state index in [1.165, 1.54) is 18.2 Å². The molecule has 0 saturated heterocycles. The van der Waals surface area contributed by atoms with Crippen LogP contribution in [0.15, 0.2) is 35.7 Å². The highest BCUT2D eigenvalue weighted by atomic mass is 19.4. The summed E-state index contributed by atoms with van der Waals surface area (Å²) < 4.78 is 45.6. The largest absolute Gasteiger partial charge is 0.420 e. The number of halogens is 3. The third kappa shape index (κ3) is 2.38. The monoisotopic (exact) mass is 334 g/mol. The molecule has 1 aromatic heterocycles. The number of H-pyrrole nitrogens is 1. The Hall–Kier alpha value is -2.95. The van der Waals surface area contributed by atoms with Crippen molar-refractivity contribution >= 4 is 0 Å². The maximum atomic E-state index is 13.4. The van der Waals surface area contributed by atoms with Crippen LogP contribution in [0.3, 0.4) is 0 Å². The Labute approximate surface area is 135 Å². The average molecular weight is 334 g/mol. The molecule has 1 aliphatic heterocycles. The van der Waals surface area contributed by atoms with Crippen molar-refractivity contribution in [2.24, 2.45) is 5.73 Å². The second kappa shape index (κ2) is 5.60. The summed E-state index contributed by atoms with van der Waals surface area (Å²) in [5.74, 6) is -1.11. The van der Waals surface area contributed by atoms with Crippen molar-refractivity contribution in [1.82, 2.24) is 10.2 Å². The van der Waals surface area contributed by atoms with Crippen LogP contribution in [-0.2, 0) is 12.6 Å². The van der Waals surface area contributed by atoms with E-state index >= 15 is 0 Å². The van der Waals surface area contributed by atoms with Crippen LogP contribution in [0.1, 0.15) is 35.2 Å². The number of aromatic nitrogens is 2. The van der Waals surface area contributed by atoms with E-state index in [9.17, 15) is 18.4 Å². The molecule has 124 valence electrons. The Bertz CT molecular complexity index is 861. The molecular formula is C16H13F3N4O. The summed E-state index contributed by atoms with van der Waals surface area (Å²) in [5.41, 5.74) is 5.84. The molecule has 0 saturated carbocycles. The van der Waals surface area contributed by atoms with Gasteiger partial charge in [-0.1, -0.05) is 25.1 Å². The molecule has 3 N–H and O–H groups in total. The number of nitriles is 1. The number of aromatic amines is 1. The third-order valence-corrected chi connectivity index (χ3v) is 3.95. The van der Waals surface area contributed by atoms with Crippen LogP contribution in [0.5, 0.6) is 5.88 Å². The number of hydrogen-bond donors (Lipinski definition) is 2. The minimum absolute atomic E-state index is 0.0508. The van der Waals surface area contributed by atoms with Crippen molar-refractivity contribution in [3.63, 3.8) is 0 Å². The van der Waals surface area contributed by atoms with Gasteiger partial charge in [-0.15, -0.1) is 5.10 Å². The second-order valence-electron chi connectivity index (χ2n) is 5.28. The number of nitrogens with one attached hydrogen (secondary N) is 1. The Morgan fingerprint density at radius 3 is 2.71 bits per heavy atom. The lowest BCUT2D eigenvalue weighted by Gasteiger charge is -2.26. The highest BCUT2D eigenvalue weighted by molar-refractivity contribution is 5.57. The fraction of sp³-hybridized carbons (Fsp3) is 0.250. The van der Waals surface area contributed by atoms with E-state index in [2.05, 4.69) is 10.2 Å². The van der Waals surface area contributed by atoms with Gasteiger partial charge in [-0.2, -0.15) is 18.4 Å². The van der Waals surface area contributed by atoms with Crippen molar-refractivity contribution in [2.45, 2.75) is 25.4 Å².